The topological polar surface area (TPSA) is 42.0 Å². The maximum Gasteiger partial charge on any atom is 0.256 e. The second kappa shape index (κ2) is 9.13. The largest absolute Gasteiger partial charge is 0.321 e. The molecule has 32 heavy (non-hydrogen) atoms. The van der Waals surface area contributed by atoms with Crippen molar-refractivity contribution in [3.05, 3.63) is 93.5 Å². The van der Waals surface area contributed by atoms with Crippen LogP contribution in [0.2, 0.25) is 5.02 Å². The van der Waals surface area contributed by atoms with Crippen LogP contribution in [0.25, 0.3) is 22.2 Å². The first-order valence-corrected chi connectivity index (χ1v) is 11.4. The highest BCUT2D eigenvalue weighted by Gasteiger charge is 2.18. The number of para-hydroxylation sites is 1. The van der Waals surface area contributed by atoms with E-state index in [0.29, 0.717) is 10.6 Å². The van der Waals surface area contributed by atoms with Gasteiger partial charge >= 0.3 is 0 Å². The molecule has 0 saturated heterocycles. The Labute approximate surface area is 194 Å². The van der Waals surface area contributed by atoms with Crippen LogP contribution < -0.4 is 5.32 Å². The number of anilines is 1. The molecule has 0 spiro atoms. The fraction of sp³-hybridized carbons (Fsp3) is 0.214. The molecule has 0 aliphatic rings. The van der Waals surface area contributed by atoms with Gasteiger partial charge in [0.25, 0.3) is 5.91 Å². The SMILES string of the molecule is CCc1cccc(CC)c1NC(=O)c1cc(-c2ccc(Cl)cc2)nc2c(C)cc(C)cc12. The molecule has 162 valence electrons. The number of nitrogens with zero attached hydrogens (tertiary/aromatic N) is 1. The summed E-state index contributed by atoms with van der Waals surface area (Å²) in [4.78, 5) is 18.6. The molecule has 0 aliphatic heterocycles. The third kappa shape index (κ3) is 4.26. The fourth-order valence-electron chi connectivity index (χ4n) is 4.22. The average molecular weight is 443 g/mol. The minimum Gasteiger partial charge on any atom is -0.321 e. The summed E-state index contributed by atoms with van der Waals surface area (Å²) in [6, 6.07) is 19.8. The third-order valence-electron chi connectivity index (χ3n) is 5.87. The molecule has 1 heterocycles. The molecule has 0 atom stereocenters. The number of rotatable bonds is 5. The highest BCUT2D eigenvalue weighted by molar-refractivity contribution is 6.30. The van der Waals surface area contributed by atoms with Crippen LogP contribution in [0.3, 0.4) is 0 Å². The molecular formula is C28H27ClN2O. The lowest BCUT2D eigenvalue weighted by Crippen LogP contribution is -2.16. The van der Waals surface area contributed by atoms with Gasteiger partial charge in [0.15, 0.2) is 0 Å². The van der Waals surface area contributed by atoms with Gasteiger partial charge in [-0.2, -0.15) is 0 Å². The molecule has 1 N–H and O–H groups in total. The number of pyridine rings is 1. The van der Waals surface area contributed by atoms with Gasteiger partial charge in [-0.3, -0.25) is 4.79 Å². The van der Waals surface area contributed by atoms with Crippen molar-refractivity contribution in [3.63, 3.8) is 0 Å². The summed E-state index contributed by atoms with van der Waals surface area (Å²) in [5.74, 6) is -0.117. The quantitative estimate of drug-likeness (QED) is 0.346. The summed E-state index contributed by atoms with van der Waals surface area (Å²) in [6.07, 6.45) is 1.71. The fourth-order valence-corrected chi connectivity index (χ4v) is 4.35. The van der Waals surface area contributed by atoms with Crippen molar-refractivity contribution in [1.29, 1.82) is 0 Å². The van der Waals surface area contributed by atoms with Crippen molar-refractivity contribution in [3.8, 4) is 11.3 Å². The van der Waals surface area contributed by atoms with Gasteiger partial charge in [-0.05, 0) is 67.6 Å². The Morgan fingerprint density at radius 3 is 2.22 bits per heavy atom. The number of nitrogens with one attached hydrogen (secondary N) is 1. The molecule has 0 aliphatic carbocycles. The molecule has 0 radical (unpaired) electrons. The lowest BCUT2D eigenvalue weighted by Gasteiger charge is -2.16. The third-order valence-corrected chi connectivity index (χ3v) is 6.12. The van der Waals surface area contributed by atoms with E-state index in [1.807, 2.05) is 50.2 Å². The van der Waals surface area contributed by atoms with Crippen LogP contribution in [-0.4, -0.2) is 10.9 Å². The molecule has 0 unspecified atom stereocenters. The van der Waals surface area contributed by atoms with Gasteiger partial charge in [-0.25, -0.2) is 4.98 Å². The van der Waals surface area contributed by atoms with E-state index in [0.717, 1.165) is 62.9 Å². The van der Waals surface area contributed by atoms with Crippen LogP contribution >= 0.6 is 11.6 Å². The Bertz CT molecular complexity index is 1290. The van der Waals surface area contributed by atoms with Crippen molar-refractivity contribution in [2.24, 2.45) is 0 Å². The average Bonchev–Trinajstić information content (AvgIpc) is 2.79. The van der Waals surface area contributed by atoms with Crippen LogP contribution in [0.1, 0.15) is 46.5 Å². The first-order valence-electron chi connectivity index (χ1n) is 11.0. The van der Waals surface area contributed by atoms with Gasteiger partial charge < -0.3 is 5.32 Å². The van der Waals surface area contributed by atoms with E-state index in [1.54, 1.807) is 0 Å². The van der Waals surface area contributed by atoms with Crippen LogP contribution in [0.15, 0.2) is 60.7 Å². The highest BCUT2D eigenvalue weighted by Crippen LogP contribution is 2.30. The number of amides is 1. The number of fused-ring (bicyclic) bond motifs is 1. The van der Waals surface area contributed by atoms with Crippen LogP contribution in [-0.2, 0) is 12.8 Å². The molecule has 4 aromatic rings. The van der Waals surface area contributed by atoms with Crippen LogP contribution in [0.5, 0.6) is 0 Å². The summed E-state index contributed by atoms with van der Waals surface area (Å²) >= 11 is 6.08. The molecule has 0 bridgehead atoms. The molecular weight excluding hydrogens is 416 g/mol. The van der Waals surface area contributed by atoms with E-state index in [9.17, 15) is 4.79 Å². The highest BCUT2D eigenvalue weighted by atomic mass is 35.5. The number of aromatic nitrogens is 1. The number of halogens is 1. The standard InChI is InChI=1S/C28H27ClN2O/c1-5-19-8-7-9-20(6-2)27(19)31-28(32)24-16-25(21-10-12-22(29)13-11-21)30-26-18(4)14-17(3)15-23(24)26/h7-16H,5-6H2,1-4H3,(H,31,32). The summed E-state index contributed by atoms with van der Waals surface area (Å²) in [7, 11) is 0. The van der Waals surface area contributed by atoms with Gasteiger partial charge in [0.05, 0.1) is 16.8 Å². The van der Waals surface area contributed by atoms with Gasteiger partial charge in [0.1, 0.15) is 0 Å². The van der Waals surface area contributed by atoms with Crippen LogP contribution in [0, 0.1) is 13.8 Å². The van der Waals surface area contributed by atoms with E-state index >= 15 is 0 Å². The molecule has 1 aromatic heterocycles. The Morgan fingerprint density at radius 2 is 1.59 bits per heavy atom. The molecule has 1 amide bonds. The smallest absolute Gasteiger partial charge is 0.256 e. The van der Waals surface area contributed by atoms with Gasteiger partial charge in [-0.1, -0.05) is 67.4 Å². The number of hydrogen-bond donors (Lipinski definition) is 1. The molecule has 0 fully saturated rings. The molecule has 3 nitrogen and oxygen atoms in total. The van der Waals surface area contributed by atoms with E-state index in [4.69, 9.17) is 16.6 Å². The molecule has 0 saturated carbocycles. The maximum atomic E-state index is 13.7. The van der Waals surface area contributed by atoms with Crippen molar-refractivity contribution < 1.29 is 4.79 Å². The minimum atomic E-state index is -0.117. The number of carbonyl (C=O) groups excluding carboxylic acids is 1. The zero-order chi connectivity index (χ0) is 22.8. The summed E-state index contributed by atoms with van der Waals surface area (Å²) in [5.41, 5.74) is 8.50. The van der Waals surface area contributed by atoms with Crippen LogP contribution in [0.4, 0.5) is 5.69 Å². The van der Waals surface area contributed by atoms with Crippen molar-refractivity contribution in [1.82, 2.24) is 4.98 Å². The number of hydrogen-bond acceptors (Lipinski definition) is 2. The Kier molecular flexibility index (Phi) is 6.29. The lowest BCUT2D eigenvalue weighted by atomic mass is 9.98. The van der Waals surface area contributed by atoms with Crippen molar-refractivity contribution in [2.45, 2.75) is 40.5 Å². The monoisotopic (exact) mass is 442 g/mol. The summed E-state index contributed by atoms with van der Waals surface area (Å²) in [6.45, 7) is 8.30. The second-order valence-corrected chi connectivity index (χ2v) is 8.59. The first-order chi connectivity index (χ1) is 15.4. The Hall–Kier alpha value is -3.17. The molecule has 4 heteroatoms. The minimum absolute atomic E-state index is 0.117. The Morgan fingerprint density at radius 1 is 0.938 bits per heavy atom. The maximum absolute atomic E-state index is 13.7. The second-order valence-electron chi connectivity index (χ2n) is 8.15. The van der Waals surface area contributed by atoms with E-state index < -0.39 is 0 Å². The van der Waals surface area contributed by atoms with Crippen molar-refractivity contribution in [2.75, 3.05) is 5.32 Å². The predicted molar refractivity (Wildman–Crippen MR) is 135 cm³/mol. The number of benzene rings is 3. The number of aryl methyl sites for hydroxylation is 4. The van der Waals surface area contributed by atoms with E-state index in [1.165, 1.54) is 0 Å². The van der Waals surface area contributed by atoms with Gasteiger partial charge in [0, 0.05) is 21.7 Å². The zero-order valence-electron chi connectivity index (χ0n) is 18.9. The number of carbonyl (C=O) groups is 1. The Balaban J connectivity index is 1.89. The molecule has 4 rings (SSSR count). The van der Waals surface area contributed by atoms with Crippen molar-refractivity contribution >= 4 is 34.1 Å². The van der Waals surface area contributed by atoms with Gasteiger partial charge in [0.2, 0.25) is 0 Å². The van der Waals surface area contributed by atoms with E-state index in [-0.39, 0.29) is 5.91 Å². The van der Waals surface area contributed by atoms with E-state index in [2.05, 4.69) is 43.4 Å². The normalized spacial score (nSPS) is 11.0. The molecule has 3 aromatic carbocycles. The van der Waals surface area contributed by atoms with Gasteiger partial charge in [-0.15, -0.1) is 0 Å². The summed E-state index contributed by atoms with van der Waals surface area (Å²) in [5, 5.41) is 4.76. The predicted octanol–water partition coefficient (Wildman–Crippen LogP) is 7.55. The zero-order valence-corrected chi connectivity index (χ0v) is 19.7. The summed E-state index contributed by atoms with van der Waals surface area (Å²) < 4.78 is 0. The lowest BCUT2D eigenvalue weighted by molar-refractivity contribution is 0.102. The first kappa shape index (κ1) is 22.0.